The first-order valence-electron chi connectivity index (χ1n) is 8.04. The Labute approximate surface area is 126 Å². The molecule has 0 aliphatic carbocycles. The highest BCUT2D eigenvalue weighted by molar-refractivity contribution is 5.93. The van der Waals surface area contributed by atoms with E-state index >= 15 is 0 Å². The van der Waals surface area contributed by atoms with Crippen molar-refractivity contribution in [2.75, 3.05) is 25.1 Å². The molecule has 2 heterocycles. The van der Waals surface area contributed by atoms with Gasteiger partial charge in [0.05, 0.1) is 12.6 Å². The Morgan fingerprint density at radius 2 is 2.05 bits per heavy atom. The molecule has 2 aromatic rings. The zero-order valence-electron chi connectivity index (χ0n) is 13.1. The summed E-state index contributed by atoms with van der Waals surface area (Å²) in [6.45, 7) is 4.55. The van der Waals surface area contributed by atoms with Gasteiger partial charge in [-0.2, -0.15) is 0 Å². The van der Waals surface area contributed by atoms with Crippen LogP contribution in [0.2, 0.25) is 0 Å². The molecule has 1 fully saturated rings. The van der Waals surface area contributed by atoms with Crippen molar-refractivity contribution in [3.05, 3.63) is 30.0 Å². The minimum atomic E-state index is 0.974. The van der Waals surface area contributed by atoms with Gasteiger partial charge in [-0.25, -0.2) is 0 Å². The van der Waals surface area contributed by atoms with E-state index in [-0.39, 0.29) is 0 Å². The molecule has 1 aromatic heterocycles. The van der Waals surface area contributed by atoms with Crippen LogP contribution in [0, 0.1) is 0 Å². The second-order valence-corrected chi connectivity index (χ2v) is 5.81. The van der Waals surface area contributed by atoms with Gasteiger partial charge in [0, 0.05) is 36.4 Å². The van der Waals surface area contributed by atoms with E-state index in [1.807, 2.05) is 6.20 Å². The van der Waals surface area contributed by atoms with Gasteiger partial charge in [0.1, 0.15) is 5.75 Å². The summed E-state index contributed by atoms with van der Waals surface area (Å²) in [5.74, 6) is 0.974. The Morgan fingerprint density at radius 3 is 2.76 bits per heavy atom. The van der Waals surface area contributed by atoms with E-state index in [1.54, 1.807) is 7.11 Å². The predicted octanol–water partition coefficient (Wildman–Crippen LogP) is 4.19. The third-order valence-corrected chi connectivity index (χ3v) is 4.37. The lowest BCUT2D eigenvalue weighted by Gasteiger charge is -2.20. The molecule has 21 heavy (non-hydrogen) atoms. The summed E-state index contributed by atoms with van der Waals surface area (Å²) in [6.07, 6.45) is 7.98. The molecule has 3 rings (SSSR count). The molecule has 0 radical (unpaired) electrons. The lowest BCUT2D eigenvalue weighted by molar-refractivity contribution is 0.409. The number of fused-ring (bicyclic) bond motifs is 1. The first kappa shape index (κ1) is 14.2. The van der Waals surface area contributed by atoms with Crippen LogP contribution < -0.4 is 9.64 Å². The van der Waals surface area contributed by atoms with Crippen molar-refractivity contribution in [3.63, 3.8) is 0 Å². The molecule has 1 aliphatic rings. The number of aryl methyl sites for hydroxylation is 1. The third-order valence-electron chi connectivity index (χ3n) is 4.37. The van der Waals surface area contributed by atoms with Gasteiger partial charge in [0.2, 0.25) is 0 Å². The fraction of sp³-hybridized carbons (Fsp3) is 0.500. The zero-order chi connectivity index (χ0) is 14.7. The molecule has 3 heteroatoms. The van der Waals surface area contributed by atoms with Gasteiger partial charge in [0.25, 0.3) is 0 Å². The Bertz CT molecular complexity index is 618. The number of pyridine rings is 1. The van der Waals surface area contributed by atoms with E-state index in [2.05, 4.69) is 35.0 Å². The fourth-order valence-corrected chi connectivity index (χ4v) is 3.19. The van der Waals surface area contributed by atoms with E-state index in [0.29, 0.717) is 0 Å². The number of anilines is 1. The van der Waals surface area contributed by atoms with Crippen molar-refractivity contribution in [3.8, 4) is 5.75 Å². The molecule has 0 atom stereocenters. The molecular weight excluding hydrogens is 260 g/mol. The predicted molar refractivity (Wildman–Crippen MR) is 88.4 cm³/mol. The fourth-order valence-electron chi connectivity index (χ4n) is 3.19. The van der Waals surface area contributed by atoms with Crippen molar-refractivity contribution in [1.29, 1.82) is 0 Å². The van der Waals surface area contributed by atoms with E-state index in [1.165, 1.54) is 42.3 Å². The molecule has 0 saturated carbocycles. The average molecular weight is 284 g/mol. The highest BCUT2D eigenvalue weighted by Crippen LogP contribution is 2.33. The van der Waals surface area contributed by atoms with Gasteiger partial charge in [-0.1, -0.05) is 13.3 Å². The molecule has 3 nitrogen and oxygen atoms in total. The first-order chi connectivity index (χ1) is 10.3. The largest absolute Gasteiger partial charge is 0.496 e. The molecule has 0 spiro atoms. The minimum absolute atomic E-state index is 0.974. The molecule has 0 N–H and O–H groups in total. The van der Waals surface area contributed by atoms with Gasteiger partial charge in [-0.3, -0.25) is 4.98 Å². The number of nitrogens with zero attached hydrogens (tertiary/aromatic N) is 2. The number of methoxy groups -OCH3 is 1. The van der Waals surface area contributed by atoms with Crippen LogP contribution in [0.25, 0.3) is 10.9 Å². The van der Waals surface area contributed by atoms with E-state index in [0.717, 1.165) is 30.8 Å². The number of ether oxygens (including phenoxy) is 1. The smallest absolute Gasteiger partial charge is 0.124 e. The number of benzene rings is 1. The zero-order valence-corrected chi connectivity index (χ0v) is 13.1. The summed E-state index contributed by atoms with van der Waals surface area (Å²) >= 11 is 0. The van der Waals surface area contributed by atoms with Crippen LogP contribution in [0.3, 0.4) is 0 Å². The van der Waals surface area contributed by atoms with Crippen LogP contribution in [0.4, 0.5) is 5.69 Å². The molecule has 1 aromatic carbocycles. The molecule has 1 aliphatic heterocycles. The molecular formula is C18H24N2O. The van der Waals surface area contributed by atoms with Crippen molar-refractivity contribution < 1.29 is 4.74 Å². The van der Waals surface area contributed by atoms with Gasteiger partial charge < -0.3 is 9.64 Å². The Hall–Kier alpha value is -1.77. The van der Waals surface area contributed by atoms with Gasteiger partial charge in [-0.15, -0.1) is 0 Å². The number of unbranched alkanes of at least 4 members (excludes halogenated alkanes) is 1. The maximum Gasteiger partial charge on any atom is 0.124 e. The number of hydrogen-bond donors (Lipinski definition) is 0. The summed E-state index contributed by atoms with van der Waals surface area (Å²) in [5.41, 5.74) is 3.68. The summed E-state index contributed by atoms with van der Waals surface area (Å²) in [6, 6.07) is 6.55. The quantitative estimate of drug-likeness (QED) is 0.823. The summed E-state index contributed by atoms with van der Waals surface area (Å²) in [4.78, 5) is 7.02. The average Bonchev–Trinajstić information content (AvgIpc) is 3.05. The third kappa shape index (κ3) is 2.82. The highest BCUT2D eigenvalue weighted by atomic mass is 16.5. The second kappa shape index (κ2) is 6.33. The summed E-state index contributed by atoms with van der Waals surface area (Å²) in [7, 11) is 1.75. The number of aromatic nitrogens is 1. The SMILES string of the molecule is CCCCc1cc2c(N3CCCC3)ccnc2cc1OC. The van der Waals surface area contributed by atoms with Gasteiger partial charge in [0.15, 0.2) is 0 Å². The van der Waals surface area contributed by atoms with Crippen LogP contribution >= 0.6 is 0 Å². The van der Waals surface area contributed by atoms with Crippen molar-refractivity contribution in [1.82, 2.24) is 4.98 Å². The maximum atomic E-state index is 5.56. The minimum Gasteiger partial charge on any atom is -0.496 e. The lowest BCUT2D eigenvalue weighted by atomic mass is 10.0. The van der Waals surface area contributed by atoms with Gasteiger partial charge >= 0.3 is 0 Å². The first-order valence-corrected chi connectivity index (χ1v) is 8.04. The molecule has 1 saturated heterocycles. The van der Waals surface area contributed by atoms with Crippen LogP contribution in [0.1, 0.15) is 38.2 Å². The molecule has 0 bridgehead atoms. The van der Waals surface area contributed by atoms with E-state index in [4.69, 9.17) is 4.74 Å². The monoisotopic (exact) mass is 284 g/mol. The number of rotatable bonds is 5. The van der Waals surface area contributed by atoms with E-state index in [9.17, 15) is 0 Å². The van der Waals surface area contributed by atoms with Crippen LogP contribution in [-0.2, 0) is 6.42 Å². The molecule has 112 valence electrons. The van der Waals surface area contributed by atoms with Crippen molar-refractivity contribution in [2.45, 2.75) is 39.0 Å². The van der Waals surface area contributed by atoms with Crippen LogP contribution in [0.5, 0.6) is 5.75 Å². The summed E-state index contributed by atoms with van der Waals surface area (Å²) in [5, 5.41) is 1.27. The normalized spacial score (nSPS) is 14.9. The Balaban J connectivity index is 2.08. The van der Waals surface area contributed by atoms with E-state index < -0.39 is 0 Å². The molecule has 0 unspecified atom stereocenters. The Morgan fingerprint density at radius 1 is 1.24 bits per heavy atom. The van der Waals surface area contributed by atoms with Crippen LogP contribution in [0.15, 0.2) is 24.4 Å². The Kier molecular flexibility index (Phi) is 4.28. The highest BCUT2D eigenvalue weighted by Gasteiger charge is 2.16. The maximum absolute atomic E-state index is 5.56. The van der Waals surface area contributed by atoms with Gasteiger partial charge in [-0.05, 0) is 43.4 Å². The second-order valence-electron chi connectivity index (χ2n) is 5.81. The number of hydrogen-bond acceptors (Lipinski definition) is 3. The van der Waals surface area contributed by atoms with Crippen molar-refractivity contribution >= 4 is 16.6 Å². The van der Waals surface area contributed by atoms with Crippen LogP contribution in [-0.4, -0.2) is 25.2 Å². The lowest BCUT2D eigenvalue weighted by Crippen LogP contribution is -2.18. The standard InChI is InChI=1S/C18H24N2O/c1-3-4-7-14-12-15-16(13-18(14)21-2)19-9-8-17(15)20-10-5-6-11-20/h8-9,12-13H,3-7,10-11H2,1-2H3. The topological polar surface area (TPSA) is 25.4 Å². The molecule has 0 amide bonds. The van der Waals surface area contributed by atoms with Crippen molar-refractivity contribution in [2.24, 2.45) is 0 Å². The summed E-state index contributed by atoms with van der Waals surface area (Å²) < 4.78 is 5.56.